The van der Waals surface area contributed by atoms with Crippen molar-refractivity contribution in [1.29, 1.82) is 0 Å². The van der Waals surface area contributed by atoms with Crippen LogP contribution in [0.5, 0.6) is 0 Å². The molecule has 0 saturated heterocycles. The van der Waals surface area contributed by atoms with E-state index in [1.54, 1.807) is 0 Å². The predicted octanol–water partition coefficient (Wildman–Crippen LogP) is 6.28. The van der Waals surface area contributed by atoms with E-state index in [1.165, 1.54) is 0 Å². The Morgan fingerprint density at radius 1 is 0.451 bits per heavy atom. The smallest absolute Gasteiger partial charge is 0.395 e. The minimum Gasteiger partial charge on any atom is -0.395 e. The molecule has 0 aliphatic carbocycles. The van der Waals surface area contributed by atoms with Crippen LogP contribution in [0.4, 0.5) is 0 Å². The van der Waals surface area contributed by atoms with Crippen molar-refractivity contribution in [1.82, 2.24) is 24.0 Å². The van der Waals surface area contributed by atoms with E-state index in [2.05, 4.69) is 147 Å². The zero-order valence-electron chi connectivity index (χ0n) is 42.1. The van der Waals surface area contributed by atoms with Gasteiger partial charge in [0.05, 0.1) is 25.0 Å². The number of aryl methyl sites for hydroxylation is 7. The molecule has 0 bridgehead atoms. The normalized spacial score (nSPS) is 11.3. The molecule has 0 unspecified atom stereocenters. The number of hydrogen-bond donors (Lipinski definition) is 0. The van der Waals surface area contributed by atoms with Crippen molar-refractivity contribution < 1.29 is 45.3 Å². The van der Waals surface area contributed by atoms with Crippen molar-refractivity contribution in [2.24, 2.45) is 63.4 Å². The first-order chi connectivity index (χ1) is 34.3. The van der Waals surface area contributed by atoms with E-state index < -0.39 is 0 Å². The zero-order chi connectivity index (χ0) is 49.7. The Hall–Kier alpha value is -8.85. The third-order valence-corrected chi connectivity index (χ3v) is 13.4. The minimum absolute atomic E-state index is 0.833. The number of rotatable bonds is 6. The lowest BCUT2D eigenvalue weighted by Crippen LogP contribution is -2.46. The lowest BCUT2D eigenvalue weighted by Gasteiger charge is -2.03. The number of hydrogen-bond acceptors (Lipinski definition) is 5. The molecular weight excluding hydrogens is 889 g/mol. The molecule has 0 atom stereocenters. The Kier molecular flexibility index (Phi) is 12.0. The second-order valence-corrected chi connectivity index (χ2v) is 17.8. The molecule has 0 radical (unpaired) electrons. The molecule has 12 rings (SSSR count). The maximum Gasteiger partial charge on any atom is 0.448 e. The molecule has 15 heteroatoms. The molecule has 0 aliphatic rings. The fraction of sp³-hybridized carbons (Fsp3) is 0.196. The Balaban J connectivity index is 0.000000123. The van der Waals surface area contributed by atoms with Gasteiger partial charge in [0, 0.05) is 67.3 Å². The summed E-state index contributed by atoms with van der Waals surface area (Å²) in [7, 11) is 18.3. The molecule has 0 amide bonds. The van der Waals surface area contributed by atoms with Crippen LogP contribution in [0.25, 0.3) is 96.6 Å². The topological polar surface area (TPSA) is 107 Å². The number of aromatic nitrogens is 12. The first-order valence-electron chi connectivity index (χ1n) is 23.4. The van der Waals surface area contributed by atoms with Crippen LogP contribution in [-0.2, 0) is 63.4 Å². The molecule has 12 aromatic rings. The number of pyridine rings is 3. The Morgan fingerprint density at radius 3 is 1.30 bits per heavy atom. The van der Waals surface area contributed by atoms with Crippen molar-refractivity contribution in [3.8, 4) is 63.3 Å². The van der Waals surface area contributed by atoms with Gasteiger partial charge in [0.25, 0.3) is 16.6 Å². The van der Waals surface area contributed by atoms with E-state index in [-0.39, 0.29) is 0 Å². The molecule has 354 valence electrons. The number of nitrogens with zero attached hydrogens (tertiary/aromatic N) is 12. The quantitative estimate of drug-likeness (QED) is 0.183. The van der Waals surface area contributed by atoms with Crippen LogP contribution < -0.4 is 32.1 Å². The maximum absolute atomic E-state index is 6.11. The molecule has 71 heavy (non-hydrogen) atoms. The van der Waals surface area contributed by atoms with Gasteiger partial charge in [-0.2, -0.15) is 27.9 Å². The first kappa shape index (κ1) is 45.9. The van der Waals surface area contributed by atoms with Gasteiger partial charge in [0.1, 0.15) is 52.5 Å². The Morgan fingerprint density at radius 2 is 0.887 bits per heavy atom. The van der Waals surface area contributed by atoms with Crippen molar-refractivity contribution in [2.45, 2.75) is 13.8 Å². The van der Waals surface area contributed by atoms with Gasteiger partial charge in [0.15, 0.2) is 13.2 Å². The van der Waals surface area contributed by atoms with Gasteiger partial charge in [-0.15, -0.1) is 0 Å². The summed E-state index contributed by atoms with van der Waals surface area (Å²) in [5.41, 5.74) is 14.3. The second-order valence-electron chi connectivity index (χ2n) is 17.8. The maximum atomic E-state index is 6.11. The van der Waals surface area contributed by atoms with Gasteiger partial charge in [-0.3, -0.25) is 4.68 Å². The summed E-state index contributed by atoms with van der Waals surface area (Å²) in [6.07, 6.45) is 5.97. The van der Waals surface area contributed by atoms with Gasteiger partial charge < -0.3 is 17.8 Å². The van der Waals surface area contributed by atoms with Crippen LogP contribution in [0.15, 0.2) is 171 Å². The van der Waals surface area contributed by atoms with Gasteiger partial charge in [-0.25, -0.2) is 9.55 Å². The molecule has 9 aromatic heterocycles. The number of benzene rings is 3. The van der Waals surface area contributed by atoms with Crippen molar-refractivity contribution in [3.63, 3.8) is 0 Å². The zero-order valence-corrected chi connectivity index (χ0v) is 42.1. The van der Waals surface area contributed by atoms with Crippen LogP contribution in [0.3, 0.4) is 0 Å². The summed E-state index contributed by atoms with van der Waals surface area (Å²) >= 11 is 0. The Bertz CT molecular complexity index is 3810. The van der Waals surface area contributed by atoms with E-state index in [1.807, 2.05) is 145 Å². The number of imidazole rings is 1. The van der Waals surface area contributed by atoms with Crippen molar-refractivity contribution in [3.05, 3.63) is 170 Å². The first-order valence-corrected chi connectivity index (χ1v) is 23.4. The molecule has 0 aliphatic heterocycles. The molecule has 3 aromatic carbocycles. The summed E-state index contributed by atoms with van der Waals surface area (Å²) < 4.78 is 39.1. The molecule has 9 heterocycles. The summed E-state index contributed by atoms with van der Waals surface area (Å²) in [6.45, 7) is 4.01. The second kappa shape index (κ2) is 18.6. The largest absolute Gasteiger partial charge is 0.448 e. The van der Waals surface area contributed by atoms with Gasteiger partial charge in [0.2, 0.25) is 40.0 Å². The number of oxazole rings is 3. The highest BCUT2D eigenvalue weighted by Gasteiger charge is 2.33. The van der Waals surface area contributed by atoms with E-state index in [0.29, 0.717) is 0 Å². The van der Waals surface area contributed by atoms with E-state index in [4.69, 9.17) is 13.3 Å². The summed E-state index contributed by atoms with van der Waals surface area (Å²) in [5.74, 6) is 4.56. The van der Waals surface area contributed by atoms with Crippen LogP contribution >= 0.6 is 0 Å². The molecule has 15 nitrogen and oxygen atoms in total. The summed E-state index contributed by atoms with van der Waals surface area (Å²) in [5, 5.41) is 4.46. The highest BCUT2D eigenvalue weighted by molar-refractivity contribution is 5.72. The van der Waals surface area contributed by atoms with Gasteiger partial charge in [-0.05, 0) is 67.1 Å². The molecule has 0 fully saturated rings. The molecule has 0 spiro atoms. The average Bonchev–Trinajstić information content (AvgIpc) is 4.24. The lowest BCUT2D eigenvalue weighted by molar-refractivity contribution is -0.764. The van der Waals surface area contributed by atoms with Gasteiger partial charge in [-0.1, -0.05) is 36.4 Å². The summed E-state index contributed by atoms with van der Waals surface area (Å²) in [6, 6.07) is 47.0. The minimum atomic E-state index is 0.833. The van der Waals surface area contributed by atoms with E-state index in [9.17, 15) is 0 Å². The van der Waals surface area contributed by atoms with Gasteiger partial charge >= 0.3 is 34.9 Å². The fourth-order valence-electron chi connectivity index (χ4n) is 9.36. The van der Waals surface area contributed by atoms with Crippen LogP contribution in [0, 0.1) is 13.8 Å². The fourth-order valence-corrected chi connectivity index (χ4v) is 9.36. The monoisotopic (exact) mass is 947 g/mol. The molecule has 0 saturated carbocycles. The summed E-state index contributed by atoms with van der Waals surface area (Å²) in [4.78, 5) is 4.41. The van der Waals surface area contributed by atoms with E-state index in [0.717, 1.165) is 108 Å². The predicted molar refractivity (Wildman–Crippen MR) is 266 cm³/mol. The third-order valence-electron chi connectivity index (χ3n) is 13.4. The highest BCUT2D eigenvalue weighted by Crippen LogP contribution is 2.25. The van der Waals surface area contributed by atoms with Crippen molar-refractivity contribution in [2.75, 3.05) is 0 Å². The lowest BCUT2D eigenvalue weighted by atomic mass is 10.2. The average molecular weight is 948 g/mol. The number of fused-ring (bicyclic) bond motifs is 3. The third kappa shape index (κ3) is 8.24. The number of para-hydroxylation sites is 6. The highest BCUT2D eigenvalue weighted by atomic mass is 16.4. The van der Waals surface area contributed by atoms with Crippen LogP contribution in [0.2, 0.25) is 0 Å². The Labute approximate surface area is 411 Å². The van der Waals surface area contributed by atoms with Crippen LogP contribution in [0.1, 0.15) is 11.5 Å². The molecular formula is C56H59N12O3+7. The SMILES string of the molecule is C[n+]1c(-c2oc3ccccc3[n+]2C)cccc1-n1ccc[n+]1C.Cc1cc(-c2cccc(-c3oc4ccccc4[n+]3C)[n+]2C)n(C)n1.Cc1ncc(-c2cccc(-c3oc4ccccc4[n+]3C)[n+]2C)n1C. The standard InChI is InChI=1S/2C19H20N4O.C18H19N4O/c1-13-20-12-17(21(13)2)14-9-7-10-16(22(14)3)19-23(4)15-8-5-6-11-18(15)24-19;1-13-12-17(23(4)20-13)14-9-7-10-16(21(14)2)19-22(3)15-8-5-6-11-18(15)24-19;1-19-12-7-13-22(19)17-11-6-9-15(20(17)2)18-21(3)14-8-4-5-10-16(14)23-18/h2*5-12H,1-4H3;4-13H,1-3H3/q2*+2;+3. The van der Waals surface area contributed by atoms with Crippen molar-refractivity contribution >= 4 is 33.3 Å². The van der Waals surface area contributed by atoms with Crippen LogP contribution in [-0.4, -0.2) is 24.0 Å². The molecule has 0 N–H and O–H groups in total. The van der Waals surface area contributed by atoms with E-state index >= 15 is 0 Å².